The van der Waals surface area contributed by atoms with Crippen LogP contribution in [0.25, 0.3) is 21.3 Å². The number of carbonyl (C=O) groups excluding carboxylic acids is 2. The molecule has 0 atom stereocenters. The molecule has 0 radical (unpaired) electrons. The first-order chi connectivity index (χ1) is 16.1. The van der Waals surface area contributed by atoms with Crippen molar-refractivity contribution in [3.63, 3.8) is 0 Å². The van der Waals surface area contributed by atoms with Gasteiger partial charge in [0.25, 0.3) is 0 Å². The third kappa shape index (κ3) is 4.78. The Labute approximate surface area is 195 Å². The van der Waals surface area contributed by atoms with Gasteiger partial charge in [0, 0.05) is 18.7 Å². The Hall–Kier alpha value is -3.20. The summed E-state index contributed by atoms with van der Waals surface area (Å²) in [4.78, 5) is 34.9. The fraction of sp³-hybridized carbons (Fsp3) is 0.417. The van der Waals surface area contributed by atoms with Gasteiger partial charge in [0.1, 0.15) is 18.4 Å². The Kier molecular flexibility index (Phi) is 6.13. The van der Waals surface area contributed by atoms with E-state index in [9.17, 15) is 9.59 Å². The Morgan fingerprint density at radius 1 is 1.15 bits per heavy atom. The van der Waals surface area contributed by atoms with Gasteiger partial charge in [-0.15, -0.1) is 0 Å². The van der Waals surface area contributed by atoms with Gasteiger partial charge in [0.05, 0.1) is 16.8 Å². The van der Waals surface area contributed by atoms with Gasteiger partial charge in [-0.2, -0.15) is 0 Å². The first-order valence-corrected chi connectivity index (χ1v) is 12.2. The zero-order valence-electron chi connectivity index (χ0n) is 18.5. The second kappa shape index (κ2) is 9.35. The highest BCUT2D eigenvalue weighted by Gasteiger charge is 2.29. The van der Waals surface area contributed by atoms with Gasteiger partial charge in [0.2, 0.25) is 11.8 Å². The van der Waals surface area contributed by atoms with Crippen LogP contribution in [0.4, 0.5) is 15.6 Å². The van der Waals surface area contributed by atoms with E-state index >= 15 is 0 Å². The molecule has 1 N–H and O–H groups in total. The van der Waals surface area contributed by atoms with Crippen LogP contribution in [0.3, 0.4) is 0 Å². The van der Waals surface area contributed by atoms with Crippen molar-refractivity contribution in [2.24, 2.45) is 0 Å². The predicted molar refractivity (Wildman–Crippen MR) is 128 cm³/mol. The summed E-state index contributed by atoms with van der Waals surface area (Å²) in [5.41, 5.74) is 3.25. The number of nitrogens with zero attached hydrogens (tertiary/aromatic N) is 3. The number of thiazole rings is 1. The van der Waals surface area contributed by atoms with E-state index in [1.807, 2.05) is 24.3 Å². The largest absolute Gasteiger partial charge is 0.474 e. The van der Waals surface area contributed by atoms with Gasteiger partial charge in [-0.25, -0.2) is 14.8 Å². The maximum Gasteiger partial charge on any atom is 0.414 e. The van der Waals surface area contributed by atoms with Crippen LogP contribution in [-0.2, 0) is 9.53 Å². The van der Waals surface area contributed by atoms with E-state index < -0.39 is 0 Å². The lowest BCUT2D eigenvalue weighted by Crippen LogP contribution is -2.40. The maximum absolute atomic E-state index is 13.0. The molecular formula is C24H26N4O4S. The zero-order valence-corrected chi connectivity index (χ0v) is 19.3. The molecule has 1 aliphatic heterocycles. The smallest absolute Gasteiger partial charge is 0.414 e. The van der Waals surface area contributed by atoms with Gasteiger partial charge < -0.3 is 14.8 Å². The summed E-state index contributed by atoms with van der Waals surface area (Å²) in [6.07, 6.45) is 7.87. The minimum absolute atomic E-state index is 0.0195. The molecule has 172 valence electrons. The monoisotopic (exact) mass is 466 g/mol. The number of ether oxygens (including phenoxy) is 2. The normalized spacial score (nSPS) is 16.6. The van der Waals surface area contributed by atoms with E-state index in [2.05, 4.69) is 15.3 Å². The van der Waals surface area contributed by atoms with Gasteiger partial charge in [-0.3, -0.25) is 9.69 Å². The Morgan fingerprint density at radius 2 is 1.97 bits per heavy atom. The highest BCUT2D eigenvalue weighted by atomic mass is 32.1. The number of hydrogen-bond donors (Lipinski definition) is 1. The molecule has 1 fully saturated rings. The quantitative estimate of drug-likeness (QED) is 0.521. The van der Waals surface area contributed by atoms with Crippen LogP contribution in [-0.4, -0.2) is 41.2 Å². The van der Waals surface area contributed by atoms with Crippen LogP contribution < -0.4 is 15.0 Å². The van der Waals surface area contributed by atoms with Crippen molar-refractivity contribution in [2.75, 3.05) is 23.4 Å². The van der Waals surface area contributed by atoms with Crippen molar-refractivity contribution in [2.45, 2.75) is 51.6 Å². The number of anilines is 2. The molecule has 0 spiro atoms. The Bertz CT molecular complexity index is 1190. The molecule has 2 amide bonds. The van der Waals surface area contributed by atoms with Gasteiger partial charge in [0.15, 0.2) is 5.13 Å². The van der Waals surface area contributed by atoms with Gasteiger partial charge in [-0.05, 0) is 49.4 Å². The van der Waals surface area contributed by atoms with Gasteiger partial charge in [-0.1, -0.05) is 30.2 Å². The molecule has 0 saturated heterocycles. The van der Waals surface area contributed by atoms with Crippen LogP contribution in [0.15, 0.2) is 30.5 Å². The molecular weight excluding hydrogens is 440 g/mol. The van der Waals surface area contributed by atoms with E-state index in [0.717, 1.165) is 47.0 Å². The molecule has 2 aliphatic rings. The van der Waals surface area contributed by atoms with E-state index in [4.69, 9.17) is 9.47 Å². The highest BCUT2D eigenvalue weighted by molar-refractivity contribution is 7.22. The summed E-state index contributed by atoms with van der Waals surface area (Å²) >= 11 is 1.42. The lowest BCUT2D eigenvalue weighted by atomic mass is 10.1. The first-order valence-electron chi connectivity index (χ1n) is 11.4. The minimum Gasteiger partial charge on any atom is -0.474 e. The predicted octanol–water partition coefficient (Wildman–Crippen LogP) is 5.37. The lowest BCUT2D eigenvalue weighted by molar-refractivity contribution is -0.114. The van der Waals surface area contributed by atoms with Crippen molar-refractivity contribution in [3.8, 4) is 17.0 Å². The van der Waals surface area contributed by atoms with Gasteiger partial charge >= 0.3 is 6.09 Å². The number of hydrogen-bond acceptors (Lipinski definition) is 7. The standard InChI is InChI=1S/C24H26N4O4S/c1-15(29)26-23-27-19-9-8-16(13-21(19)33-23)17-12-20-22(25-14-17)31-11-10-28(20)24(30)32-18-6-4-2-3-5-7-18/h8-9,12-14,18H,2-7,10-11H2,1H3,(H,26,27,29). The molecule has 3 aromatic rings. The molecule has 0 unspecified atom stereocenters. The summed E-state index contributed by atoms with van der Waals surface area (Å²) in [5.74, 6) is 0.290. The van der Waals surface area contributed by atoms with Crippen molar-refractivity contribution in [1.29, 1.82) is 0 Å². The fourth-order valence-corrected chi connectivity index (χ4v) is 5.27. The Balaban J connectivity index is 1.40. The summed E-state index contributed by atoms with van der Waals surface area (Å²) in [6.45, 7) is 2.28. The van der Waals surface area contributed by atoms with Crippen LogP contribution >= 0.6 is 11.3 Å². The number of fused-ring (bicyclic) bond motifs is 2. The van der Waals surface area contributed by atoms with Crippen molar-refractivity contribution >= 4 is 44.4 Å². The highest BCUT2D eigenvalue weighted by Crippen LogP contribution is 2.36. The molecule has 8 nitrogen and oxygen atoms in total. The minimum atomic E-state index is -0.330. The Morgan fingerprint density at radius 3 is 2.76 bits per heavy atom. The SMILES string of the molecule is CC(=O)Nc1nc2ccc(-c3cnc4c(c3)N(C(=O)OC3CCCCCC3)CCO4)cc2s1. The van der Waals surface area contributed by atoms with Crippen LogP contribution in [0.5, 0.6) is 5.88 Å². The van der Waals surface area contributed by atoms with Crippen LogP contribution in [0.1, 0.15) is 45.4 Å². The topological polar surface area (TPSA) is 93.7 Å². The summed E-state index contributed by atoms with van der Waals surface area (Å²) in [7, 11) is 0. The number of amides is 2. The van der Waals surface area contributed by atoms with Crippen molar-refractivity contribution in [3.05, 3.63) is 30.5 Å². The number of carbonyl (C=O) groups is 2. The second-order valence-electron chi connectivity index (χ2n) is 8.43. The summed E-state index contributed by atoms with van der Waals surface area (Å²) < 4.78 is 12.5. The van der Waals surface area contributed by atoms with E-state index in [0.29, 0.717) is 29.9 Å². The van der Waals surface area contributed by atoms with Crippen LogP contribution in [0, 0.1) is 0 Å². The maximum atomic E-state index is 13.0. The van der Waals surface area contributed by atoms with Crippen molar-refractivity contribution in [1.82, 2.24) is 9.97 Å². The summed E-state index contributed by atoms with van der Waals surface area (Å²) in [6, 6.07) is 7.81. The van der Waals surface area contributed by atoms with Crippen LogP contribution in [0.2, 0.25) is 0 Å². The fourth-order valence-electron chi connectivity index (χ4n) is 4.32. The molecule has 5 rings (SSSR count). The number of aromatic nitrogens is 2. The summed E-state index contributed by atoms with van der Waals surface area (Å²) in [5, 5.41) is 3.30. The van der Waals surface area contributed by atoms with E-state index in [1.165, 1.54) is 31.1 Å². The molecule has 33 heavy (non-hydrogen) atoms. The average Bonchev–Trinajstić information content (AvgIpc) is 3.02. The molecule has 1 aromatic carbocycles. The zero-order chi connectivity index (χ0) is 22.8. The number of nitrogens with one attached hydrogen (secondary N) is 1. The average molecular weight is 467 g/mol. The van der Waals surface area contributed by atoms with Crippen molar-refractivity contribution < 1.29 is 19.1 Å². The molecule has 9 heteroatoms. The molecule has 3 heterocycles. The van der Waals surface area contributed by atoms with E-state index in [1.54, 1.807) is 11.1 Å². The number of benzene rings is 1. The number of pyridine rings is 1. The molecule has 2 aromatic heterocycles. The molecule has 0 bridgehead atoms. The first kappa shape index (κ1) is 21.6. The van der Waals surface area contributed by atoms with E-state index in [-0.39, 0.29) is 18.1 Å². The lowest BCUT2D eigenvalue weighted by Gasteiger charge is -2.30. The molecule has 1 aliphatic carbocycles. The third-order valence-corrected chi connectivity index (χ3v) is 6.91. The number of rotatable bonds is 3. The second-order valence-corrected chi connectivity index (χ2v) is 9.46. The molecule has 1 saturated carbocycles. The third-order valence-electron chi connectivity index (χ3n) is 5.97.